The van der Waals surface area contributed by atoms with Gasteiger partial charge in [0.2, 0.25) is 5.91 Å². The van der Waals surface area contributed by atoms with Gasteiger partial charge < -0.3 is 4.90 Å². The third kappa shape index (κ3) is 3.32. The normalized spacial score (nSPS) is 16.0. The maximum atomic E-state index is 13.4. The van der Waals surface area contributed by atoms with E-state index in [2.05, 4.69) is 11.1 Å². The number of hydrogen-bond donors (Lipinski definition) is 0. The van der Waals surface area contributed by atoms with Crippen molar-refractivity contribution >= 4 is 16.8 Å². The molecule has 1 aromatic heterocycles. The number of pyridine rings is 1. The zero-order valence-corrected chi connectivity index (χ0v) is 14.6. The summed E-state index contributed by atoms with van der Waals surface area (Å²) in [5.41, 5.74) is 3.04. The van der Waals surface area contributed by atoms with Crippen molar-refractivity contribution in [2.45, 2.75) is 31.7 Å². The zero-order chi connectivity index (χ0) is 17.9. The SMILES string of the molecule is O=C1CCCCN1C(Cc1cccc2cccnc12)c1ccc(F)cc1. The third-order valence-electron chi connectivity index (χ3n) is 5.12. The van der Waals surface area contributed by atoms with Crippen molar-refractivity contribution in [1.29, 1.82) is 0 Å². The first-order chi connectivity index (χ1) is 12.7. The van der Waals surface area contributed by atoms with Crippen LogP contribution in [-0.2, 0) is 11.2 Å². The van der Waals surface area contributed by atoms with Crippen LogP contribution in [0.1, 0.15) is 36.4 Å². The first kappa shape index (κ1) is 16.7. The molecule has 1 saturated heterocycles. The van der Waals surface area contributed by atoms with Gasteiger partial charge in [0.25, 0.3) is 0 Å². The Hall–Kier alpha value is -2.75. The monoisotopic (exact) mass is 348 g/mol. The van der Waals surface area contributed by atoms with Gasteiger partial charge in [-0.3, -0.25) is 9.78 Å². The van der Waals surface area contributed by atoms with Gasteiger partial charge >= 0.3 is 0 Å². The van der Waals surface area contributed by atoms with Crippen molar-refractivity contribution in [1.82, 2.24) is 9.88 Å². The van der Waals surface area contributed by atoms with E-state index in [1.54, 1.807) is 18.3 Å². The van der Waals surface area contributed by atoms with Gasteiger partial charge in [0.05, 0.1) is 11.6 Å². The molecule has 0 saturated carbocycles. The maximum absolute atomic E-state index is 13.4. The van der Waals surface area contributed by atoms with E-state index in [0.29, 0.717) is 12.8 Å². The quantitative estimate of drug-likeness (QED) is 0.686. The van der Waals surface area contributed by atoms with Gasteiger partial charge in [0.1, 0.15) is 5.82 Å². The second kappa shape index (κ2) is 7.24. The van der Waals surface area contributed by atoms with E-state index in [1.165, 1.54) is 12.1 Å². The molecule has 0 bridgehead atoms. The Labute approximate surface area is 152 Å². The number of nitrogens with zero attached hydrogens (tertiary/aromatic N) is 2. The lowest BCUT2D eigenvalue weighted by molar-refractivity contribution is -0.135. The molecule has 1 fully saturated rings. The van der Waals surface area contributed by atoms with Crippen LogP contribution in [0.5, 0.6) is 0 Å². The lowest BCUT2D eigenvalue weighted by atomic mass is 9.94. The van der Waals surface area contributed by atoms with Gasteiger partial charge in [0.15, 0.2) is 0 Å². The topological polar surface area (TPSA) is 33.2 Å². The standard InChI is InChI=1S/C22H21FN2O/c23-19-11-9-16(10-12-19)20(25-14-2-1-8-21(25)26)15-18-6-3-5-17-7-4-13-24-22(17)18/h3-7,9-13,20H,1-2,8,14-15H2. The molecule has 1 unspecified atom stereocenters. The number of carbonyl (C=O) groups excluding carboxylic acids is 1. The minimum Gasteiger partial charge on any atom is -0.335 e. The second-order valence-electron chi connectivity index (χ2n) is 6.81. The summed E-state index contributed by atoms with van der Waals surface area (Å²) in [4.78, 5) is 19.1. The molecule has 3 aromatic rings. The Morgan fingerprint density at radius 3 is 2.65 bits per heavy atom. The molecule has 0 N–H and O–H groups in total. The highest BCUT2D eigenvalue weighted by atomic mass is 19.1. The van der Waals surface area contributed by atoms with Crippen molar-refractivity contribution in [3.05, 3.63) is 77.7 Å². The summed E-state index contributed by atoms with van der Waals surface area (Å²) >= 11 is 0. The second-order valence-corrected chi connectivity index (χ2v) is 6.81. The highest BCUT2D eigenvalue weighted by Crippen LogP contribution is 2.31. The summed E-state index contributed by atoms with van der Waals surface area (Å²) in [6.07, 6.45) is 5.01. The van der Waals surface area contributed by atoms with E-state index in [-0.39, 0.29) is 17.8 Å². The van der Waals surface area contributed by atoms with Gasteiger partial charge in [0, 0.05) is 24.5 Å². The van der Waals surface area contributed by atoms with Crippen molar-refractivity contribution in [3.63, 3.8) is 0 Å². The number of rotatable bonds is 4. The number of fused-ring (bicyclic) bond motifs is 1. The van der Waals surface area contributed by atoms with Crippen LogP contribution < -0.4 is 0 Å². The molecule has 1 aliphatic heterocycles. The number of para-hydroxylation sites is 1. The van der Waals surface area contributed by atoms with Gasteiger partial charge in [-0.1, -0.05) is 36.4 Å². The predicted molar refractivity (Wildman–Crippen MR) is 100 cm³/mol. The number of carbonyl (C=O) groups is 1. The largest absolute Gasteiger partial charge is 0.335 e. The van der Waals surface area contributed by atoms with E-state index in [9.17, 15) is 9.18 Å². The van der Waals surface area contributed by atoms with Crippen LogP contribution >= 0.6 is 0 Å². The Balaban J connectivity index is 1.74. The van der Waals surface area contributed by atoms with Crippen LogP contribution in [0.3, 0.4) is 0 Å². The average molecular weight is 348 g/mol. The smallest absolute Gasteiger partial charge is 0.223 e. The molecule has 0 aliphatic carbocycles. The number of piperidine rings is 1. The lowest BCUT2D eigenvalue weighted by Gasteiger charge is -2.35. The van der Waals surface area contributed by atoms with Crippen molar-refractivity contribution in [3.8, 4) is 0 Å². The summed E-state index contributed by atoms with van der Waals surface area (Å²) in [7, 11) is 0. The van der Waals surface area contributed by atoms with Crippen molar-refractivity contribution < 1.29 is 9.18 Å². The molecule has 4 heteroatoms. The van der Waals surface area contributed by atoms with Crippen LogP contribution in [0, 0.1) is 5.82 Å². The molecule has 2 heterocycles. The Morgan fingerprint density at radius 2 is 1.85 bits per heavy atom. The molecule has 1 atom stereocenters. The van der Waals surface area contributed by atoms with Crippen LogP contribution in [0.15, 0.2) is 60.8 Å². The first-order valence-electron chi connectivity index (χ1n) is 9.10. The molecular formula is C22H21FN2O. The Morgan fingerprint density at radius 1 is 1.04 bits per heavy atom. The molecular weight excluding hydrogens is 327 g/mol. The number of benzene rings is 2. The predicted octanol–water partition coefficient (Wildman–Crippen LogP) is 4.67. The third-order valence-corrected chi connectivity index (χ3v) is 5.12. The molecule has 2 aromatic carbocycles. The number of aromatic nitrogens is 1. The van der Waals surface area contributed by atoms with Gasteiger partial charge in [-0.15, -0.1) is 0 Å². The fourth-order valence-corrected chi connectivity index (χ4v) is 3.79. The number of halogens is 1. The van der Waals surface area contributed by atoms with Gasteiger partial charge in [-0.2, -0.15) is 0 Å². The summed E-state index contributed by atoms with van der Waals surface area (Å²) in [6.45, 7) is 0.749. The Kier molecular flexibility index (Phi) is 4.65. The summed E-state index contributed by atoms with van der Waals surface area (Å²) in [6, 6.07) is 16.5. The summed E-state index contributed by atoms with van der Waals surface area (Å²) < 4.78 is 13.4. The molecule has 4 rings (SSSR count). The van der Waals surface area contributed by atoms with Crippen LogP contribution in [0.25, 0.3) is 10.9 Å². The molecule has 0 radical (unpaired) electrons. The van der Waals surface area contributed by atoms with Crippen LogP contribution in [0.4, 0.5) is 4.39 Å². The molecule has 1 amide bonds. The Bertz CT molecular complexity index is 918. The number of likely N-dealkylation sites (tertiary alicyclic amines) is 1. The molecule has 0 spiro atoms. The van der Waals surface area contributed by atoms with E-state index in [4.69, 9.17) is 0 Å². The fraction of sp³-hybridized carbons (Fsp3) is 0.273. The van der Waals surface area contributed by atoms with Crippen molar-refractivity contribution in [2.75, 3.05) is 6.54 Å². The fourth-order valence-electron chi connectivity index (χ4n) is 3.79. The number of hydrogen-bond acceptors (Lipinski definition) is 2. The maximum Gasteiger partial charge on any atom is 0.223 e. The van der Waals surface area contributed by atoms with Crippen LogP contribution in [-0.4, -0.2) is 22.3 Å². The highest BCUT2D eigenvalue weighted by molar-refractivity contribution is 5.82. The zero-order valence-electron chi connectivity index (χ0n) is 14.6. The van der Waals surface area contributed by atoms with E-state index in [0.717, 1.165) is 41.4 Å². The lowest BCUT2D eigenvalue weighted by Crippen LogP contribution is -2.39. The highest BCUT2D eigenvalue weighted by Gasteiger charge is 2.28. The van der Waals surface area contributed by atoms with E-state index in [1.807, 2.05) is 29.2 Å². The molecule has 26 heavy (non-hydrogen) atoms. The molecule has 3 nitrogen and oxygen atoms in total. The van der Waals surface area contributed by atoms with Crippen molar-refractivity contribution in [2.24, 2.45) is 0 Å². The van der Waals surface area contributed by atoms with Gasteiger partial charge in [-0.05, 0) is 48.6 Å². The minimum absolute atomic E-state index is 0.101. The summed E-state index contributed by atoms with van der Waals surface area (Å²) in [5.74, 6) is -0.0805. The molecule has 132 valence electrons. The minimum atomic E-state index is -0.260. The number of amides is 1. The first-order valence-corrected chi connectivity index (χ1v) is 9.10. The van der Waals surface area contributed by atoms with E-state index < -0.39 is 0 Å². The van der Waals surface area contributed by atoms with E-state index >= 15 is 0 Å². The average Bonchev–Trinajstić information content (AvgIpc) is 2.68. The van der Waals surface area contributed by atoms with Crippen LogP contribution in [0.2, 0.25) is 0 Å². The summed E-state index contributed by atoms with van der Waals surface area (Å²) in [5, 5.41) is 1.09. The molecule has 1 aliphatic rings. The van der Waals surface area contributed by atoms with Gasteiger partial charge in [-0.25, -0.2) is 4.39 Å².